The fourth-order valence-corrected chi connectivity index (χ4v) is 2.55. The number of hydrogen-bond donors (Lipinski definition) is 1. The number of likely N-dealkylation sites (tertiary alicyclic amines) is 1. The molecule has 1 unspecified atom stereocenters. The van der Waals surface area contributed by atoms with Crippen molar-refractivity contribution in [3.8, 4) is 0 Å². The molecule has 106 valence electrons. The van der Waals surface area contributed by atoms with Gasteiger partial charge in [-0.2, -0.15) is 0 Å². The number of Topliss-reactive ketones (excluding diaryl/α,β-unsaturated/α-hetero) is 1. The van der Waals surface area contributed by atoms with Gasteiger partial charge in [0, 0.05) is 16.6 Å². The highest BCUT2D eigenvalue weighted by molar-refractivity contribution is 9.10. The molecule has 0 bridgehead atoms. The molecule has 1 N–H and O–H groups in total. The molecule has 1 atom stereocenters. The predicted octanol–water partition coefficient (Wildman–Crippen LogP) is 2.10. The van der Waals surface area contributed by atoms with Crippen molar-refractivity contribution in [1.82, 2.24) is 4.90 Å². The Morgan fingerprint density at radius 1 is 1.15 bits per heavy atom. The average molecular weight is 340 g/mol. The van der Waals surface area contributed by atoms with Crippen LogP contribution in [0, 0.1) is 0 Å². The summed E-state index contributed by atoms with van der Waals surface area (Å²) in [6, 6.07) is 5.54. The number of carboxylic acid groups (broad SMARTS) is 1. The summed E-state index contributed by atoms with van der Waals surface area (Å²) in [6.07, 6.45) is 1.88. The van der Waals surface area contributed by atoms with Crippen molar-refractivity contribution in [1.29, 1.82) is 0 Å². The maximum absolute atomic E-state index is 12.2. The molecule has 20 heavy (non-hydrogen) atoms. The average Bonchev–Trinajstić information content (AvgIpc) is 2.46. The van der Waals surface area contributed by atoms with Gasteiger partial charge in [-0.25, -0.2) is 4.79 Å². The number of carbonyl (C=O) groups excluding carboxylic acids is 2. The Morgan fingerprint density at radius 2 is 1.80 bits per heavy atom. The van der Waals surface area contributed by atoms with Crippen LogP contribution in [0.4, 0.5) is 0 Å². The van der Waals surface area contributed by atoms with Crippen molar-refractivity contribution in [2.45, 2.75) is 25.3 Å². The number of nitrogens with zero attached hydrogens (tertiary/aromatic N) is 1. The van der Waals surface area contributed by atoms with Crippen LogP contribution in [-0.2, 0) is 9.59 Å². The van der Waals surface area contributed by atoms with Crippen LogP contribution in [0.25, 0.3) is 0 Å². The molecule has 2 rings (SSSR count). The van der Waals surface area contributed by atoms with E-state index in [-0.39, 0.29) is 5.56 Å². The van der Waals surface area contributed by atoms with E-state index in [1.54, 1.807) is 24.3 Å². The van der Waals surface area contributed by atoms with Gasteiger partial charge in [0.1, 0.15) is 6.04 Å². The summed E-state index contributed by atoms with van der Waals surface area (Å²) in [4.78, 5) is 36.7. The largest absolute Gasteiger partial charge is 0.480 e. The summed E-state index contributed by atoms with van der Waals surface area (Å²) >= 11 is 3.25. The number of rotatable bonds is 3. The van der Waals surface area contributed by atoms with Crippen LogP contribution < -0.4 is 0 Å². The Labute approximate surface area is 124 Å². The standard InChI is InChI=1S/C14H14BrNO4/c15-10-6-4-9(5-7-10)12(17)13(18)16-8-2-1-3-11(16)14(19)20/h4-7,11H,1-3,8H2,(H,19,20). The van der Waals surface area contributed by atoms with Crippen molar-refractivity contribution in [3.63, 3.8) is 0 Å². The van der Waals surface area contributed by atoms with Gasteiger partial charge in [0.05, 0.1) is 0 Å². The highest BCUT2D eigenvalue weighted by atomic mass is 79.9. The SMILES string of the molecule is O=C(C(=O)N1CCCCC1C(=O)O)c1ccc(Br)cc1. The third-order valence-corrected chi connectivity index (χ3v) is 3.88. The monoisotopic (exact) mass is 339 g/mol. The minimum atomic E-state index is -1.05. The van der Waals surface area contributed by atoms with Gasteiger partial charge in [0.15, 0.2) is 0 Å². The summed E-state index contributed by atoms with van der Waals surface area (Å²) in [7, 11) is 0. The number of benzene rings is 1. The fourth-order valence-electron chi connectivity index (χ4n) is 2.29. The van der Waals surface area contributed by atoms with E-state index in [9.17, 15) is 14.4 Å². The van der Waals surface area contributed by atoms with Gasteiger partial charge in [-0.1, -0.05) is 15.9 Å². The van der Waals surface area contributed by atoms with Gasteiger partial charge in [-0.3, -0.25) is 9.59 Å². The van der Waals surface area contributed by atoms with E-state index >= 15 is 0 Å². The van der Waals surface area contributed by atoms with E-state index in [1.807, 2.05) is 0 Å². The number of carboxylic acids is 1. The minimum absolute atomic E-state index is 0.271. The van der Waals surface area contributed by atoms with E-state index < -0.39 is 23.7 Å². The summed E-state index contributed by atoms with van der Waals surface area (Å²) in [6.45, 7) is 0.318. The first kappa shape index (κ1) is 14.7. The van der Waals surface area contributed by atoms with Crippen LogP contribution in [-0.4, -0.2) is 40.3 Å². The molecule has 1 fully saturated rings. The molecule has 5 nitrogen and oxygen atoms in total. The topological polar surface area (TPSA) is 74.7 Å². The molecule has 0 spiro atoms. The zero-order valence-electron chi connectivity index (χ0n) is 10.7. The highest BCUT2D eigenvalue weighted by Crippen LogP contribution is 2.19. The lowest BCUT2D eigenvalue weighted by atomic mass is 10.0. The number of ketones is 1. The molecule has 1 aromatic carbocycles. The molecular weight excluding hydrogens is 326 g/mol. The molecule has 1 aromatic rings. The molecule has 0 saturated carbocycles. The molecule has 1 aliphatic heterocycles. The maximum atomic E-state index is 12.2. The smallest absolute Gasteiger partial charge is 0.326 e. The molecule has 1 saturated heterocycles. The van der Waals surface area contributed by atoms with Crippen molar-refractivity contribution in [2.75, 3.05) is 6.54 Å². The lowest BCUT2D eigenvalue weighted by molar-refractivity contribution is -0.150. The van der Waals surface area contributed by atoms with Crippen LogP contribution in [0.3, 0.4) is 0 Å². The second kappa shape index (κ2) is 6.17. The number of hydrogen-bond acceptors (Lipinski definition) is 3. The zero-order chi connectivity index (χ0) is 14.7. The molecule has 1 heterocycles. The van der Waals surface area contributed by atoms with Crippen LogP contribution in [0.2, 0.25) is 0 Å². The third-order valence-electron chi connectivity index (χ3n) is 3.35. The first-order valence-corrected chi connectivity index (χ1v) is 7.13. The number of amides is 1. The molecule has 1 amide bonds. The van der Waals surface area contributed by atoms with Gasteiger partial charge >= 0.3 is 5.97 Å². The number of halogens is 1. The van der Waals surface area contributed by atoms with Crippen LogP contribution in [0.15, 0.2) is 28.7 Å². The van der Waals surface area contributed by atoms with E-state index in [0.717, 1.165) is 17.3 Å². The molecule has 0 aliphatic carbocycles. The first-order chi connectivity index (χ1) is 9.50. The Hall–Kier alpha value is -1.69. The fraction of sp³-hybridized carbons (Fsp3) is 0.357. The van der Waals surface area contributed by atoms with Gasteiger partial charge in [0.25, 0.3) is 5.91 Å². The first-order valence-electron chi connectivity index (χ1n) is 6.34. The zero-order valence-corrected chi connectivity index (χ0v) is 12.3. The third kappa shape index (κ3) is 3.07. The summed E-state index contributed by atoms with van der Waals surface area (Å²) in [5, 5.41) is 9.13. The van der Waals surface area contributed by atoms with Gasteiger partial charge in [-0.05, 0) is 43.5 Å². The van der Waals surface area contributed by atoms with Crippen molar-refractivity contribution in [2.24, 2.45) is 0 Å². The van der Waals surface area contributed by atoms with E-state index in [4.69, 9.17) is 5.11 Å². The summed E-state index contributed by atoms with van der Waals surface area (Å²) < 4.78 is 0.808. The Bertz CT molecular complexity index is 541. The van der Waals surface area contributed by atoms with Crippen LogP contribution in [0.1, 0.15) is 29.6 Å². The normalized spacial score (nSPS) is 18.6. The Kier molecular flexibility index (Phi) is 4.54. The van der Waals surface area contributed by atoms with Crippen molar-refractivity contribution < 1.29 is 19.5 Å². The van der Waals surface area contributed by atoms with E-state index in [0.29, 0.717) is 13.0 Å². The summed E-state index contributed by atoms with van der Waals surface area (Å²) in [5.74, 6) is -2.45. The second-order valence-corrected chi connectivity index (χ2v) is 5.60. The van der Waals surface area contributed by atoms with E-state index in [1.165, 1.54) is 4.90 Å². The van der Waals surface area contributed by atoms with Crippen molar-refractivity contribution in [3.05, 3.63) is 34.3 Å². The van der Waals surface area contributed by atoms with E-state index in [2.05, 4.69) is 15.9 Å². The Morgan fingerprint density at radius 3 is 2.40 bits per heavy atom. The second-order valence-electron chi connectivity index (χ2n) is 4.68. The highest BCUT2D eigenvalue weighted by Gasteiger charge is 2.35. The number of carbonyl (C=O) groups is 3. The molecule has 6 heteroatoms. The molecular formula is C14H14BrNO4. The van der Waals surface area contributed by atoms with Crippen LogP contribution >= 0.6 is 15.9 Å². The lowest BCUT2D eigenvalue weighted by Crippen LogP contribution is -2.50. The van der Waals surface area contributed by atoms with Crippen molar-refractivity contribution >= 4 is 33.6 Å². The van der Waals surface area contributed by atoms with Gasteiger partial charge in [-0.15, -0.1) is 0 Å². The number of aliphatic carboxylic acids is 1. The van der Waals surface area contributed by atoms with Gasteiger partial charge < -0.3 is 10.0 Å². The Balaban J connectivity index is 2.18. The quantitative estimate of drug-likeness (QED) is 0.675. The van der Waals surface area contributed by atoms with Crippen LogP contribution in [0.5, 0.6) is 0 Å². The molecule has 0 radical (unpaired) electrons. The lowest BCUT2D eigenvalue weighted by Gasteiger charge is -2.32. The summed E-state index contributed by atoms with van der Waals surface area (Å²) in [5.41, 5.74) is 0.271. The maximum Gasteiger partial charge on any atom is 0.326 e. The predicted molar refractivity (Wildman–Crippen MR) is 75.5 cm³/mol. The number of piperidine rings is 1. The molecule has 0 aromatic heterocycles. The minimum Gasteiger partial charge on any atom is -0.480 e. The van der Waals surface area contributed by atoms with Gasteiger partial charge in [0.2, 0.25) is 5.78 Å². The molecule has 1 aliphatic rings.